The molecule has 6 nitrogen and oxygen atoms in total. The normalized spacial score (nSPS) is 12.5. The molecule has 2 N–H and O–H groups in total. The maximum absolute atomic E-state index is 12.6. The van der Waals surface area contributed by atoms with Gasteiger partial charge in [-0.05, 0) is 83.1 Å². The Labute approximate surface area is 295 Å². The molecule has 0 aromatic carbocycles. The molecule has 0 aromatic rings. The van der Waals surface area contributed by atoms with E-state index in [1.807, 2.05) is 0 Å². The Morgan fingerprint density at radius 3 is 1.60 bits per heavy atom. The number of unbranched alkanes of at least 4 members (excludes halogenated alkanes) is 18. The van der Waals surface area contributed by atoms with Gasteiger partial charge in [0.25, 0.3) is 0 Å². The maximum atomic E-state index is 12.6. The number of nitrogens with one attached hydrogen (secondary N) is 1. The van der Waals surface area contributed by atoms with Crippen LogP contribution in [0.15, 0.2) is 48.6 Å². The van der Waals surface area contributed by atoms with Gasteiger partial charge in [0.1, 0.15) is 12.6 Å². The van der Waals surface area contributed by atoms with Gasteiger partial charge in [0.2, 0.25) is 5.91 Å². The van der Waals surface area contributed by atoms with E-state index >= 15 is 0 Å². The van der Waals surface area contributed by atoms with E-state index in [1.165, 1.54) is 89.9 Å². The van der Waals surface area contributed by atoms with E-state index < -0.39 is 5.97 Å². The summed E-state index contributed by atoms with van der Waals surface area (Å²) >= 11 is 0. The van der Waals surface area contributed by atoms with Crippen LogP contribution in [0.1, 0.15) is 187 Å². The Kier molecular flexibility index (Phi) is 35.2. The Hall–Kier alpha value is -2.63. The SMILES string of the molecule is CCCCCC/C=C\C(CCCCCCC(=O)NCC(=O)O)OC(=O)CCCCCCCC/C=C\C/C=C\C/C=C\CCCCCCC. The topological polar surface area (TPSA) is 92.7 Å². The number of rotatable bonds is 35. The monoisotopic (exact) mass is 672 g/mol. The van der Waals surface area contributed by atoms with Crippen LogP contribution in [-0.2, 0) is 19.1 Å². The highest BCUT2D eigenvalue weighted by Crippen LogP contribution is 2.15. The van der Waals surface area contributed by atoms with Gasteiger partial charge in [-0.1, -0.05) is 140 Å². The van der Waals surface area contributed by atoms with Crippen molar-refractivity contribution in [1.82, 2.24) is 5.32 Å². The standard InChI is InChI=1S/C42H73NO5/c1-3-5-7-9-11-12-13-14-15-16-17-18-19-20-21-22-23-24-25-27-33-37-42(47)48-39(34-30-26-10-8-6-4-2)35-31-28-29-32-36-40(44)43-38-41(45)46/h13-14,16-17,19-20,30,34,39H,3-12,15,18,21-29,31-33,35-38H2,1-2H3,(H,43,44)(H,45,46)/b14-13-,17-16-,20-19-,34-30-. The first-order chi connectivity index (χ1) is 23.5. The summed E-state index contributed by atoms with van der Waals surface area (Å²) in [5.74, 6) is -1.35. The van der Waals surface area contributed by atoms with Crippen LogP contribution < -0.4 is 5.32 Å². The molecule has 6 heteroatoms. The van der Waals surface area contributed by atoms with Crippen LogP contribution in [-0.4, -0.2) is 35.6 Å². The Balaban J connectivity index is 4.00. The lowest BCUT2D eigenvalue weighted by Gasteiger charge is -2.15. The van der Waals surface area contributed by atoms with Crippen LogP contribution in [0, 0.1) is 0 Å². The number of hydrogen-bond donors (Lipinski definition) is 2. The third-order valence-electron chi connectivity index (χ3n) is 8.46. The van der Waals surface area contributed by atoms with Gasteiger partial charge in [-0.15, -0.1) is 0 Å². The third kappa shape index (κ3) is 36.2. The maximum Gasteiger partial charge on any atom is 0.322 e. The minimum Gasteiger partial charge on any atom is -0.480 e. The lowest BCUT2D eigenvalue weighted by Crippen LogP contribution is -2.28. The summed E-state index contributed by atoms with van der Waals surface area (Å²) in [7, 11) is 0. The van der Waals surface area contributed by atoms with Crippen molar-refractivity contribution in [3.8, 4) is 0 Å². The quantitative estimate of drug-likeness (QED) is 0.0397. The lowest BCUT2D eigenvalue weighted by molar-refractivity contribution is -0.147. The summed E-state index contributed by atoms with van der Waals surface area (Å²) in [5, 5.41) is 11.0. The van der Waals surface area contributed by atoms with Crippen molar-refractivity contribution in [3.05, 3.63) is 48.6 Å². The molecule has 0 saturated carbocycles. The number of carboxylic acid groups (broad SMARTS) is 1. The summed E-state index contributed by atoms with van der Waals surface area (Å²) in [6.45, 7) is 4.15. The number of carboxylic acids is 1. The molecular formula is C42H73NO5. The van der Waals surface area contributed by atoms with E-state index in [-0.39, 0.29) is 24.5 Å². The number of esters is 1. The van der Waals surface area contributed by atoms with E-state index in [9.17, 15) is 14.4 Å². The van der Waals surface area contributed by atoms with Gasteiger partial charge in [0.15, 0.2) is 0 Å². The number of hydrogen-bond acceptors (Lipinski definition) is 4. The summed E-state index contributed by atoms with van der Waals surface area (Å²) in [4.78, 5) is 34.8. The highest BCUT2D eigenvalue weighted by atomic mass is 16.5. The molecule has 1 amide bonds. The Morgan fingerprint density at radius 2 is 1.02 bits per heavy atom. The summed E-state index contributed by atoms with van der Waals surface area (Å²) in [6, 6.07) is 0. The van der Waals surface area contributed by atoms with Crippen LogP contribution in [0.4, 0.5) is 0 Å². The zero-order valence-electron chi connectivity index (χ0n) is 31.1. The van der Waals surface area contributed by atoms with Gasteiger partial charge in [-0.2, -0.15) is 0 Å². The molecule has 0 aromatic heterocycles. The van der Waals surface area contributed by atoms with E-state index in [0.29, 0.717) is 12.8 Å². The van der Waals surface area contributed by atoms with E-state index in [1.54, 1.807) is 0 Å². The van der Waals surface area contributed by atoms with Crippen molar-refractivity contribution < 1.29 is 24.2 Å². The largest absolute Gasteiger partial charge is 0.480 e. The van der Waals surface area contributed by atoms with Crippen LogP contribution in [0.25, 0.3) is 0 Å². The zero-order valence-corrected chi connectivity index (χ0v) is 31.1. The molecular weight excluding hydrogens is 598 g/mol. The first-order valence-electron chi connectivity index (χ1n) is 19.8. The molecule has 0 spiro atoms. The molecule has 0 radical (unpaired) electrons. The molecule has 0 rings (SSSR count). The van der Waals surface area contributed by atoms with Gasteiger partial charge in [0, 0.05) is 12.8 Å². The Bertz CT molecular complexity index is 875. The van der Waals surface area contributed by atoms with Gasteiger partial charge in [-0.3, -0.25) is 14.4 Å². The predicted molar refractivity (Wildman–Crippen MR) is 203 cm³/mol. The minimum atomic E-state index is -1.03. The van der Waals surface area contributed by atoms with Crippen molar-refractivity contribution in [2.75, 3.05) is 6.54 Å². The van der Waals surface area contributed by atoms with Crippen molar-refractivity contribution in [2.45, 2.75) is 193 Å². The fraction of sp³-hybridized carbons (Fsp3) is 0.738. The summed E-state index contributed by atoms with van der Waals surface area (Å²) < 4.78 is 5.86. The third-order valence-corrected chi connectivity index (χ3v) is 8.46. The van der Waals surface area contributed by atoms with Gasteiger partial charge >= 0.3 is 11.9 Å². The number of aliphatic carboxylic acids is 1. The van der Waals surface area contributed by atoms with Crippen LogP contribution in [0.2, 0.25) is 0 Å². The van der Waals surface area contributed by atoms with Gasteiger partial charge < -0.3 is 15.2 Å². The molecule has 0 heterocycles. The highest BCUT2D eigenvalue weighted by molar-refractivity contribution is 5.80. The highest BCUT2D eigenvalue weighted by Gasteiger charge is 2.12. The van der Waals surface area contributed by atoms with Crippen molar-refractivity contribution in [2.24, 2.45) is 0 Å². The van der Waals surface area contributed by atoms with Crippen molar-refractivity contribution in [3.63, 3.8) is 0 Å². The van der Waals surface area contributed by atoms with Crippen molar-refractivity contribution >= 4 is 17.8 Å². The first kappa shape index (κ1) is 45.4. The van der Waals surface area contributed by atoms with Crippen LogP contribution >= 0.6 is 0 Å². The lowest BCUT2D eigenvalue weighted by atomic mass is 10.1. The van der Waals surface area contributed by atoms with E-state index in [4.69, 9.17) is 9.84 Å². The van der Waals surface area contributed by atoms with Crippen LogP contribution in [0.3, 0.4) is 0 Å². The second kappa shape index (κ2) is 37.2. The smallest absolute Gasteiger partial charge is 0.322 e. The molecule has 1 unspecified atom stereocenters. The molecule has 48 heavy (non-hydrogen) atoms. The van der Waals surface area contributed by atoms with Crippen molar-refractivity contribution in [1.29, 1.82) is 0 Å². The molecule has 1 atom stereocenters. The number of ether oxygens (including phenoxy) is 1. The second-order valence-corrected chi connectivity index (χ2v) is 13.2. The first-order valence-corrected chi connectivity index (χ1v) is 19.8. The predicted octanol–water partition coefficient (Wildman–Crippen LogP) is 11.9. The van der Waals surface area contributed by atoms with E-state index in [0.717, 1.165) is 70.6 Å². The van der Waals surface area contributed by atoms with Gasteiger partial charge in [-0.25, -0.2) is 0 Å². The fourth-order valence-electron chi connectivity index (χ4n) is 5.49. The van der Waals surface area contributed by atoms with Gasteiger partial charge in [0.05, 0.1) is 0 Å². The molecule has 0 aliphatic rings. The number of carbonyl (C=O) groups excluding carboxylic acids is 2. The summed E-state index contributed by atoms with van der Waals surface area (Å²) in [5.41, 5.74) is 0. The molecule has 0 bridgehead atoms. The summed E-state index contributed by atoms with van der Waals surface area (Å²) in [6.07, 6.45) is 46.8. The molecule has 276 valence electrons. The number of amides is 1. The second-order valence-electron chi connectivity index (χ2n) is 13.2. The van der Waals surface area contributed by atoms with Crippen LogP contribution in [0.5, 0.6) is 0 Å². The average Bonchev–Trinajstić information content (AvgIpc) is 3.07. The molecule has 0 aliphatic heterocycles. The molecule has 0 fully saturated rings. The van der Waals surface area contributed by atoms with E-state index in [2.05, 4.69) is 67.8 Å². The average molecular weight is 672 g/mol. The Morgan fingerprint density at radius 1 is 0.562 bits per heavy atom. The number of carbonyl (C=O) groups is 3. The molecule has 0 saturated heterocycles. The number of allylic oxidation sites excluding steroid dienone is 7. The molecule has 0 aliphatic carbocycles. The fourth-order valence-corrected chi connectivity index (χ4v) is 5.49. The minimum absolute atomic E-state index is 0.0984. The zero-order chi connectivity index (χ0) is 35.2.